The van der Waals surface area contributed by atoms with Crippen LogP contribution in [0.25, 0.3) is 0 Å². The molecule has 1 saturated heterocycles. The van der Waals surface area contributed by atoms with Crippen LogP contribution in [0.3, 0.4) is 0 Å². The topological polar surface area (TPSA) is 75.7 Å². The number of hydrogen-bond donors (Lipinski definition) is 1. The van der Waals surface area contributed by atoms with Gasteiger partial charge in [-0.05, 0) is 26.2 Å². The Labute approximate surface area is 121 Å². The second-order valence-corrected chi connectivity index (χ2v) is 7.64. The fourth-order valence-corrected chi connectivity index (χ4v) is 3.31. The average molecular weight is 306 g/mol. The van der Waals surface area contributed by atoms with Crippen molar-refractivity contribution in [1.29, 1.82) is 0 Å². The number of hydrogen-bond acceptors (Lipinski definition) is 4. The Balaban J connectivity index is 2.59. The molecule has 0 unspecified atom stereocenters. The van der Waals surface area contributed by atoms with E-state index in [0.29, 0.717) is 13.1 Å². The van der Waals surface area contributed by atoms with E-state index in [4.69, 9.17) is 4.74 Å². The fourth-order valence-electron chi connectivity index (χ4n) is 2.42. The van der Waals surface area contributed by atoms with Crippen molar-refractivity contribution in [3.05, 3.63) is 0 Å². The van der Waals surface area contributed by atoms with E-state index in [-0.39, 0.29) is 30.6 Å². The van der Waals surface area contributed by atoms with Crippen molar-refractivity contribution in [2.45, 2.75) is 45.8 Å². The molecule has 0 aliphatic carbocycles. The molecule has 0 aromatic heterocycles. The maximum Gasteiger partial charge on any atom is 0.246 e. The number of ether oxygens (including phenoxy) is 1. The predicted octanol–water partition coefficient (Wildman–Crippen LogP) is 0.588. The minimum Gasteiger partial charge on any atom is -0.369 e. The Morgan fingerprint density at radius 2 is 2.05 bits per heavy atom. The van der Waals surface area contributed by atoms with Gasteiger partial charge in [-0.15, -0.1) is 0 Å². The van der Waals surface area contributed by atoms with Crippen LogP contribution in [0.15, 0.2) is 0 Å². The normalized spacial score (nSPS) is 24.2. The lowest BCUT2D eigenvalue weighted by atomic mass is 9.98. The number of nitrogens with zero attached hydrogens (tertiary/aromatic N) is 1. The molecule has 1 heterocycles. The van der Waals surface area contributed by atoms with Crippen molar-refractivity contribution in [1.82, 2.24) is 9.62 Å². The Bertz CT molecular complexity index is 422. The molecule has 2 atom stereocenters. The van der Waals surface area contributed by atoms with Crippen LogP contribution in [0.4, 0.5) is 0 Å². The molecule has 1 N–H and O–H groups in total. The van der Waals surface area contributed by atoms with E-state index in [1.54, 1.807) is 0 Å². The molecule has 0 spiro atoms. The molecular formula is C13H26N2O4S. The molecule has 1 aliphatic rings. The van der Waals surface area contributed by atoms with Gasteiger partial charge in [0.25, 0.3) is 0 Å². The van der Waals surface area contributed by atoms with Gasteiger partial charge >= 0.3 is 0 Å². The molecule has 0 aromatic carbocycles. The van der Waals surface area contributed by atoms with E-state index in [2.05, 4.69) is 12.2 Å². The SMILES string of the molecule is CCC[C@H]1CN(S(C)(=O)=O)C[C@@H]1NC(=O)COC(C)C. The standard InChI is InChI=1S/C13H26N2O4S/c1-5-6-11-7-15(20(4,17)18)8-12(11)14-13(16)9-19-10(2)3/h10-12H,5-9H2,1-4H3,(H,14,16)/t11-,12-/m0/s1. The maximum atomic E-state index is 11.8. The highest BCUT2D eigenvalue weighted by Gasteiger charge is 2.37. The van der Waals surface area contributed by atoms with Crippen LogP contribution in [-0.2, 0) is 19.6 Å². The highest BCUT2D eigenvalue weighted by molar-refractivity contribution is 7.88. The van der Waals surface area contributed by atoms with E-state index >= 15 is 0 Å². The molecule has 0 bridgehead atoms. The van der Waals surface area contributed by atoms with E-state index in [9.17, 15) is 13.2 Å². The zero-order chi connectivity index (χ0) is 15.3. The molecule has 1 aliphatic heterocycles. The predicted molar refractivity (Wildman–Crippen MR) is 77.8 cm³/mol. The third-order valence-electron chi connectivity index (χ3n) is 3.43. The summed E-state index contributed by atoms with van der Waals surface area (Å²) in [5, 5.41) is 2.90. The lowest BCUT2D eigenvalue weighted by Gasteiger charge is -2.19. The molecule has 118 valence electrons. The summed E-state index contributed by atoms with van der Waals surface area (Å²) < 4.78 is 29.9. The highest BCUT2D eigenvalue weighted by atomic mass is 32.2. The number of nitrogens with one attached hydrogen (secondary N) is 1. The monoisotopic (exact) mass is 306 g/mol. The van der Waals surface area contributed by atoms with Gasteiger partial charge in [0.2, 0.25) is 15.9 Å². The number of sulfonamides is 1. The van der Waals surface area contributed by atoms with Crippen molar-refractivity contribution in [3.8, 4) is 0 Å². The van der Waals surface area contributed by atoms with Crippen molar-refractivity contribution >= 4 is 15.9 Å². The van der Waals surface area contributed by atoms with Crippen LogP contribution < -0.4 is 5.32 Å². The van der Waals surface area contributed by atoms with Crippen molar-refractivity contribution in [2.75, 3.05) is 26.0 Å². The van der Waals surface area contributed by atoms with E-state index in [1.807, 2.05) is 13.8 Å². The summed E-state index contributed by atoms with van der Waals surface area (Å²) in [5.41, 5.74) is 0. The van der Waals surface area contributed by atoms with Gasteiger partial charge < -0.3 is 10.1 Å². The second kappa shape index (κ2) is 7.38. The summed E-state index contributed by atoms with van der Waals surface area (Å²) in [5.74, 6) is -0.00196. The van der Waals surface area contributed by atoms with Gasteiger partial charge in [-0.1, -0.05) is 13.3 Å². The van der Waals surface area contributed by atoms with Crippen molar-refractivity contribution in [2.24, 2.45) is 5.92 Å². The van der Waals surface area contributed by atoms with Crippen LogP contribution in [0.2, 0.25) is 0 Å². The molecule has 6 nitrogen and oxygen atoms in total. The average Bonchev–Trinajstić information content (AvgIpc) is 2.70. The Hall–Kier alpha value is -0.660. The lowest BCUT2D eigenvalue weighted by molar-refractivity contribution is -0.128. The minimum atomic E-state index is -3.20. The Kier molecular flexibility index (Phi) is 6.42. The van der Waals surface area contributed by atoms with Crippen molar-refractivity contribution < 1.29 is 17.9 Å². The van der Waals surface area contributed by atoms with E-state index in [1.165, 1.54) is 10.6 Å². The zero-order valence-corrected chi connectivity index (χ0v) is 13.6. The molecule has 0 aromatic rings. The van der Waals surface area contributed by atoms with Crippen molar-refractivity contribution in [3.63, 3.8) is 0 Å². The lowest BCUT2D eigenvalue weighted by Crippen LogP contribution is -2.42. The van der Waals surface area contributed by atoms with Crippen LogP contribution >= 0.6 is 0 Å². The zero-order valence-electron chi connectivity index (χ0n) is 12.8. The summed E-state index contributed by atoms with van der Waals surface area (Å²) in [4.78, 5) is 11.8. The molecule has 0 radical (unpaired) electrons. The summed E-state index contributed by atoms with van der Waals surface area (Å²) in [6.45, 7) is 6.66. The molecule has 0 saturated carbocycles. The smallest absolute Gasteiger partial charge is 0.246 e. The fraction of sp³-hybridized carbons (Fsp3) is 0.923. The second-order valence-electron chi connectivity index (χ2n) is 5.66. The molecule has 1 rings (SSSR count). The molecule has 7 heteroatoms. The Morgan fingerprint density at radius 3 is 2.55 bits per heavy atom. The first kappa shape index (κ1) is 17.4. The van der Waals surface area contributed by atoms with E-state index < -0.39 is 10.0 Å². The van der Waals surface area contributed by atoms with Gasteiger partial charge in [-0.3, -0.25) is 4.79 Å². The van der Waals surface area contributed by atoms with Gasteiger partial charge in [0.1, 0.15) is 6.61 Å². The molecule has 1 amide bonds. The minimum absolute atomic E-state index is 0.00304. The maximum absolute atomic E-state index is 11.8. The third-order valence-corrected chi connectivity index (χ3v) is 4.67. The summed E-state index contributed by atoms with van der Waals surface area (Å²) in [6.07, 6.45) is 3.09. The first-order chi connectivity index (χ1) is 9.24. The Morgan fingerprint density at radius 1 is 1.40 bits per heavy atom. The van der Waals surface area contributed by atoms with Crippen LogP contribution in [0, 0.1) is 5.92 Å². The largest absolute Gasteiger partial charge is 0.369 e. The number of carbonyl (C=O) groups excluding carboxylic acids is 1. The van der Waals surface area contributed by atoms with Gasteiger partial charge in [0.05, 0.1) is 12.4 Å². The van der Waals surface area contributed by atoms with E-state index in [0.717, 1.165) is 12.8 Å². The number of carbonyl (C=O) groups is 1. The number of rotatable bonds is 7. The molecular weight excluding hydrogens is 280 g/mol. The summed E-state index contributed by atoms with van der Waals surface area (Å²) in [7, 11) is -3.20. The highest BCUT2D eigenvalue weighted by Crippen LogP contribution is 2.23. The quantitative estimate of drug-likeness (QED) is 0.747. The summed E-state index contributed by atoms with van der Waals surface area (Å²) in [6, 6.07) is -0.118. The first-order valence-electron chi connectivity index (χ1n) is 7.10. The van der Waals surface area contributed by atoms with Gasteiger partial charge in [-0.2, -0.15) is 4.31 Å². The van der Waals surface area contributed by atoms with Gasteiger partial charge in [0, 0.05) is 19.1 Å². The third kappa shape index (κ3) is 5.38. The van der Waals surface area contributed by atoms with Gasteiger partial charge in [0.15, 0.2) is 0 Å². The molecule has 20 heavy (non-hydrogen) atoms. The van der Waals surface area contributed by atoms with Crippen LogP contribution in [0.5, 0.6) is 0 Å². The first-order valence-corrected chi connectivity index (χ1v) is 8.95. The number of amides is 1. The van der Waals surface area contributed by atoms with Crippen LogP contribution in [-0.4, -0.2) is 56.7 Å². The summed E-state index contributed by atoms with van der Waals surface area (Å²) >= 11 is 0. The van der Waals surface area contributed by atoms with Crippen LogP contribution in [0.1, 0.15) is 33.6 Å². The molecule has 1 fully saturated rings. The van der Waals surface area contributed by atoms with Gasteiger partial charge in [-0.25, -0.2) is 8.42 Å².